The molecule has 7 heteroatoms. The number of halogens is 4. The molecule has 0 spiro atoms. The zero-order chi connectivity index (χ0) is 23.1. The van der Waals surface area contributed by atoms with Gasteiger partial charge in [0.15, 0.2) is 0 Å². The Morgan fingerprint density at radius 3 is 2.12 bits per heavy atom. The van der Waals surface area contributed by atoms with Crippen LogP contribution in [0.1, 0.15) is 40.8 Å². The molecule has 2 atom stereocenters. The van der Waals surface area contributed by atoms with Gasteiger partial charge in [0.25, 0.3) is 0 Å². The molecule has 2 unspecified atom stereocenters. The number of rotatable bonds is 8. The minimum atomic E-state index is -4.40. The van der Waals surface area contributed by atoms with E-state index in [0.29, 0.717) is 24.0 Å². The van der Waals surface area contributed by atoms with Crippen LogP contribution in [-0.2, 0) is 17.4 Å². The van der Waals surface area contributed by atoms with Gasteiger partial charge >= 0.3 is 6.18 Å². The van der Waals surface area contributed by atoms with Gasteiger partial charge in [-0.15, -0.1) is 0 Å². The van der Waals surface area contributed by atoms with Gasteiger partial charge in [0, 0.05) is 18.7 Å². The molecule has 3 rings (SSSR count). The lowest BCUT2D eigenvalue weighted by Crippen LogP contribution is -2.38. The Kier molecular flexibility index (Phi) is 7.64. The van der Waals surface area contributed by atoms with Crippen molar-refractivity contribution in [1.29, 1.82) is 0 Å². The molecule has 0 radical (unpaired) electrons. The zero-order valence-electron chi connectivity index (χ0n) is 17.5. The van der Waals surface area contributed by atoms with Crippen LogP contribution in [0.25, 0.3) is 0 Å². The Morgan fingerprint density at radius 2 is 1.53 bits per heavy atom. The summed E-state index contributed by atoms with van der Waals surface area (Å²) in [5, 5.41) is 5.88. The van der Waals surface area contributed by atoms with Crippen molar-refractivity contribution >= 4 is 5.91 Å². The van der Waals surface area contributed by atoms with Crippen molar-refractivity contribution in [3.05, 3.63) is 107 Å². The van der Waals surface area contributed by atoms with E-state index in [-0.39, 0.29) is 5.91 Å². The van der Waals surface area contributed by atoms with Crippen LogP contribution in [0.5, 0.6) is 0 Å². The molecule has 0 fully saturated rings. The fraction of sp³-hybridized carbons (Fsp3) is 0.240. The predicted octanol–water partition coefficient (Wildman–Crippen LogP) is 5.60. The van der Waals surface area contributed by atoms with Crippen molar-refractivity contribution in [1.82, 2.24) is 10.6 Å². The second kappa shape index (κ2) is 10.4. The minimum absolute atomic E-state index is 0.271. The second-order valence-electron chi connectivity index (χ2n) is 7.43. The van der Waals surface area contributed by atoms with Crippen molar-refractivity contribution in [3.63, 3.8) is 0 Å². The summed E-state index contributed by atoms with van der Waals surface area (Å²) < 4.78 is 53.1. The van der Waals surface area contributed by atoms with E-state index >= 15 is 0 Å². The fourth-order valence-electron chi connectivity index (χ4n) is 3.57. The number of carbonyl (C=O) groups is 1. The van der Waals surface area contributed by atoms with Crippen LogP contribution in [0.2, 0.25) is 0 Å². The molecule has 32 heavy (non-hydrogen) atoms. The van der Waals surface area contributed by atoms with E-state index < -0.39 is 29.6 Å². The number of hydrogen-bond acceptors (Lipinski definition) is 2. The largest absolute Gasteiger partial charge is 0.416 e. The molecule has 2 N–H and O–H groups in total. The van der Waals surface area contributed by atoms with Crippen LogP contribution in [0.3, 0.4) is 0 Å². The lowest BCUT2D eigenvalue weighted by molar-refractivity contribution is -0.137. The van der Waals surface area contributed by atoms with Crippen molar-refractivity contribution in [2.24, 2.45) is 0 Å². The van der Waals surface area contributed by atoms with E-state index in [1.165, 1.54) is 25.2 Å². The number of alkyl halides is 3. The SMILES string of the molecule is CNC(=O)C(NC(CCc1ccc(C(F)(F)F)cc1)c1ccccc1F)c1ccccc1. The molecule has 168 valence electrons. The average molecular weight is 444 g/mol. The van der Waals surface area contributed by atoms with Crippen molar-refractivity contribution < 1.29 is 22.4 Å². The third-order valence-electron chi connectivity index (χ3n) is 5.29. The first kappa shape index (κ1) is 23.5. The smallest absolute Gasteiger partial charge is 0.358 e. The van der Waals surface area contributed by atoms with Crippen molar-refractivity contribution in [2.45, 2.75) is 31.1 Å². The normalized spacial score (nSPS) is 13.4. The Labute approximate surface area is 184 Å². The van der Waals surface area contributed by atoms with Crippen LogP contribution < -0.4 is 10.6 Å². The number of carbonyl (C=O) groups excluding carboxylic acids is 1. The number of amides is 1. The number of benzene rings is 3. The van der Waals surface area contributed by atoms with Gasteiger partial charge in [-0.25, -0.2) is 4.39 Å². The van der Waals surface area contributed by atoms with E-state index in [2.05, 4.69) is 10.6 Å². The molecule has 0 aliphatic rings. The van der Waals surface area contributed by atoms with Crippen LogP contribution in [0.15, 0.2) is 78.9 Å². The number of nitrogens with one attached hydrogen (secondary N) is 2. The van der Waals surface area contributed by atoms with Gasteiger partial charge in [0.2, 0.25) is 5.91 Å². The molecule has 0 aromatic heterocycles. The summed E-state index contributed by atoms with van der Waals surface area (Å²) in [6.07, 6.45) is -3.61. The van der Waals surface area contributed by atoms with Crippen LogP contribution in [0, 0.1) is 5.82 Å². The molecule has 1 amide bonds. The standard InChI is InChI=1S/C25H24F4N2O/c1-30-24(32)23(18-7-3-2-4-8-18)31-22(20-9-5-6-10-21(20)26)16-13-17-11-14-19(15-12-17)25(27,28)29/h2-12,14-15,22-23,31H,13,16H2,1H3,(H,30,32). The van der Waals surface area contributed by atoms with Gasteiger partial charge in [0.05, 0.1) is 5.56 Å². The van der Waals surface area contributed by atoms with E-state index in [4.69, 9.17) is 0 Å². The molecule has 3 aromatic carbocycles. The van der Waals surface area contributed by atoms with Crippen molar-refractivity contribution in [3.8, 4) is 0 Å². The molecule has 0 bridgehead atoms. The number of aryl methyl sites for hydroxylation is 1. The second-order valence-corrected chi connectivity index (χ2v) is 7.43. The van der Waals surface area contributed by atoms with Crippen LogP contribution in [0.4, 0.5) is 17.6 Å². The lowest BCUT2D eigenvalue weighted by atomic mass is 9.95. The van der Waals surface area contributed by atoms with Gasteiger partial charge in [0.1, 0.15) is 11.9 Å². The first-order valence-electron chi connectivity index (χ1n) is 10.2. The average Bonchev–Trinajstić information content (AvgIpc) is 2.79. The van der Waals surface area contributed by atoms with E-state index in [9.17, 15) is 22.4 Å². The van der Waals surface area contributed by atoms with E-state index in [0.717, 1.165) is 17.7 Å². The maximum atomic E-state index is 14.6. The summed E-state index contributed by atoms with van der Waals surface area (Å²) in [4.78, 5) is 12.6. The maximum absolute atomic E-state index is 14.6. The van der Waals surface area contributed by atoms with Gasteiger partial charge < -0.3 is 5.32 Å². The molecular formula is C25H24F4N2O. The first-order valence-corrected chi connectivity index (χ1v) is 10.2. The molecule has 0 saturated heterocycles. The molecular weight excluding hydrogens is 420 g/mol. The summed E-state index contributed by atoms with van der Waals surface area (Å²) in [5.74, 6) is -0.687. The molecule has 0 aliphatic heterocycles. The van der Waals surface area contributed by atoms with Gasteiger partial charge in [-0.3, -0.25) is 10.1 Å². The third-order valence-corrected chi connectivity index (χ3v) is 5.29. The Balaban J connectivity index is 1.85. The monoisotopic (exact) mass is 444 g/mol. The fourth-order valence-corrected chi connectivity index (χ4v) is 3.57. The quantitative estimate of drug-likeness (QED) is 0.445. The summed E-state index contributed by atoms with van der Waals surface area (Å²) in [6.45, 7) is 0. The first-order chi connectivity index (χ1) is 15.3. The molecule has 0 saturated carbocycles. The summed E-state index contributed by atoms with van der Waals surface area (Å²) >= 11 is 0. The topological polar surface area (TPSA) is 41.1 Å². The summed E-state index contributed by atoms with van der Waals surface area (Å²) in [7, 11) is 1.53. The van der Waals surface area contributed by atoms with Crippen LogP contribution >= 0.6 is 0 Å². The minimum Gasteiger partial charge on any atom is -0.358 e. The highest BCUT2D eigenvalue weighted by Gasteiger charge is 2.30. The van der Waals surface area contributed by atoms with Gasteiger partial charge in [-0.2, -0.15) is 13.2 Å². The highest BCUT2D eigenvalue weighted by Crippen LogP contribution is 2.30. The predicted molar refractivity (Wildman–Crippen MR) is 115 cm³/mol. The zero-order valence-corrected chi connectivity index (χ0v) is 17.5. The third kappa shape index (κ3) is 5.95. The van der Waals surface area contributed by atoms with Crippen LogP contribution in [-0.4, -0.2) is 13.0 Å². The van der Waals surface area contributed by atoms with Gasteiger partial charge in [-0.1, -0.05) is 60.7 Å². The van der Waals surface area contributed by atoms with Crippen molar-refractivity contribution in [2.75, 3.05) is 7.05 Å². The summed E-state index contributed by atoms with van der Waals surface area (Å²) in [5.41, 5.74) is 1.10. The highest BCUT2D eigenvalue weighted by atomic mass is 19.4. The van der Waals surface area contributed by atoms with E-state index in [1.807, 2.05) is 18.2 Å². The molecule has 0 heterocycles. The van der Waals surface area contributed by atoms with E-state index in [1.54, 1.807) is 30.3 Å². The molecule has 3 aromatic rings. The maximum Gasteiger partial charge on any atom is 0.416 e. The number of likely N-dealkylation sites (N-methyl/N-ethyl adjacent to an activating group) is 1. The Bertz CT molecular complexity index is 1020. The molecule has 3 nitrogen and oxygen atoms in total. The van der Waals surface area contributed by atoms with Gasteiger partial charge in [-0.05, 0) is 42.2 Å². The Morgan fingerprint density at radius 1 is 0.906 bits per heavy atom. The highest BCUT2D eigenvalue weighted by molar-refractivity contribution is 5.83. The lowest BCUT2D eigenvalue weighted by Gasteiger charge is -2.26. The number of hydrogen-bond donors (Lipinski definition) is 2. The summed E-state index contributed by atoms with van der Waals surface area (Å²) in [6, 6.07) is 19.0. The molecule has 0 aliphatic carbocycles. The Hall–Kier alpha value is -3.19.